The lowest BCUT2D eigenvalue weighted by molar-refractivity contribution is 0.00804. The first-order valence-corrected chi connectivity index (χ1v) is 9.15. The molecule has 2 heteroatoms. The van der Waals surface area contributed by atoms with E-state index in [1.54, 1.807) is 0 Å². The van der Waals surface area contributed by atoms with Gasteiger partial charge in [-0.05, 0) is 62.2 Å². The zero-order chi connectivity index (χ0) is 16.4. The first kappa shape index (κ1) is 17.7. The van der Waals surface area contributed by atoms with Gasteiger partial charge < -0.3 is 10.2 Å². The third-order valence-corrected chi connectivity index (χ3v) is 6.40. The van der Waals surface area contributed by atoms with Gasteiger partial charge in [0.2, 0.25) is 0 Å². The summed E-state index contributed by atoms with van der Waals surface area (Å²) in [7, 11) is 0. The van der Waals surface area contributed by atoms with Crippen molar-refractivity contribution in [2.45, 2.75) is 84.3 Å². The lowest BCUT2D eigenvalue weighted by atomic mass is 9.63. The Morgan fingerprint density at radius 1 is 1.41 bits per heavy atom. The molecule has 126 valence electrons. The van der Waals surface area contributed by atoms with Crippen molar-refractivity contribution < 1.29 is 10.2 Å². The van der Waals surface area contributed by atoms with E-state index in [2.05, 4.69) is 26.0 Å². The van der Waals surface area contributed by atoms with E-state index in [4.69, 9.17) is 0 Å². The number of aliphatic hydroxyl groups excluding tert-OH is 1. The van der Waals surface area contributed by atoms with E-state index in [0.29, 0.717) is 11.8 Å². The SMILES string of the molecule is CCC(O)(/C=C\C[C@@H](C)C1=CC[C@H]2[C@@H](O)CCC[C@]12C)CC. The molecular formula is C20H34O2. The molecule has 1 fully saturated rings. The fourth-order valence-electron chi connectivity index (χ4n) is 4.62. The highest BCUT2D eigenvalue weighted by Gasteiger charge is 2.47. The summed E-state index contributed by atoms with van der Waals surface area (Å²) < 4.78 is 0. The molecule has 2 rings (SSSR count). The summed E-state index contributed by atoms with van der Waals surface area (Å²) in [4.78, 5) is 0. The third kappa shape index (κ3) is 3.33. The number of hydrogen-bond acceptors (Lipinski definition) is 2. The topological polar surface area (TPSA) is 40.5 Å². The molecule has 0 amide bonds. The van der Waals surface area contributed by atoms with Gasteiger partial charge in [-0.25, -0.2) is 0 Å². The third-order valence-electron chi connectivity index (χ3n) is 6.40. The standard InChI is InChI=1S/C20H34O2/c1-5-20(22,6-2)14-7-9-15(3)16-11-12-17-18(21)10-8-13-19(16,17)4/h7,11,14-15,17-18,21-22H,5-6,8-10,12-13H2,1-4H3/b14-7-/t15-,17+,18+,19-/m1/s1. The van der Waals surface area contributed by atoms with Crippen LogP contribution in [0, 0.1) is 17.3 Å². The van der Waals surface area contributed by atoms with Crippen molar-refractivity contribution in [3.05, 3.63) is 23.8 Å². The first-order chi connectivity index (χ1) is 10.4. The molecule has 0 unspecified atom stereocenters. The number of allylic oxidation sites excluding steroid dienone is 3. The van der Waals surface area contributed by atoms with Gasteiger partial charge in [0.25, 0.3) is 0 Å². The van der Waals surface area contributed by atoms with Crippen LogP contribution in [0.15, 0.2) is 23.8 Å². The van der Waals surface area contributed by atoms with E-state index < -0.39 is 5.60 Å². The molecule has 0 radical (unpaired) electrons. The zero-order valence-corrected chi connectivity index (χ0v) is 14.8. The molecular weight excluding hydrogens is 272 g/mol. The molecule has 0 saturated heterocycles. The maximum atomic E-state index is 10.3. The van der Waals surface area contributed by atoms with E-state index in [1.807, 2.05) is 19.9 Å². The van der Waals surface area contributed by atoms with Crippen molar-refractivity contribution in [2.24, 2.45) is 17.3 Å². The van der Waals surface area contributed by atoms with Gasteiger partial charge in [-0.2, -0.15) is 0 Å². The van der Waals surface area contributed by atoms with Crippen LogP contribution in [0.25, 0.3) is 0 Å². The Balaban J connectivity index is 2.01. The van der Waals surface area contributed by atoms with Crippen LogP contribution in [0.2, 0.25) is 0 Å². The van der Waals surface area contributed by atoms with Gasteiger partial charge in [-0.15, -0.1) is 0 Å². The number of aliphatic hydroxyl groups is 2. The molecule has 0 aromatic heterocycles. The van der Waals surface area contributed by atoms with Crippen LogP contribution in [0.5, 0.6) is 0 Å². The van der Waals surface area contributed by atoms with Gasteiger partial charge in [0.1, 0.15) is 0 Å². The number of hydrogen-bond donors (Lipinski definition) is 2. The molecule has 0 spiro atoms. The van der Waals surface area contributed by atoms with Gasteiger partial charge in [0.05, 0.1) is 11.7 Å². The predicted molar refractivity (Wildman–Crippen MR) is 92.6 cm³/mol. The minimum Gasteiger partial charge on any atom is -0.393 e. The van der Waals surface area contributed by atoms with Crippen molar-refractivity contribution >= 4 is 0 Å². The van der Waals surface area contributed by atoms with E-state index in [-0.39, 0.29) is 11.5 Å². The van der Waals surface area contributed by atoms with Crippen molar-refractivity contribution in [2.75, 3.05) is 0 Å². The van der Waals surface area contributed by atoms with Crippen molar-refractivity contribution in [3.63, 3.8) is 0 Å². The number of rotatable bonds is 6. The largest absolute Gasteiger partial charge is 0.393 e. The molecule has 22 heavy (non-hydrogen) atoms. The molecule has 0 aromatic carbocycles. The average molecular weight is 306 g/mol. The van der Waals surface area contributed by atoms with Crippen LogP contribution < -0.4 is 0 Å². The fraction of sp³-hybridized carbons (Fsp3) is 0.800. The molecule has 0 aliphatic heterocycles. The van der Waals surface area contributed by atoms with Crippen LogP contribution in [-0.2, 0) is 0 Å². The summed E-state index contributed by atoms with van der Waals surface area (Å²) in [5.74, 6) is 0.917. The molecule has 0 aromatic rings. The minimum atomic E-state index is -0.642. The predicted octanol–water partition coefficient (Wildman–Crippen LogP) is 4.62. The van der Waals surface area contributed by atoms with Crippen molar-refractivity contribution in [1.82, 2.24) is 0 Å². The Morgan fingerprint density at radius 2 is 2.09 bits per heavy atom. The smallest absolute Gasteiger partial charge is 0.0822 e. The molecule has 0 heterocycles. The van der Waals surface area contributed by atoms with Gasteiger partial charge in [-0.3, -0.25) is 0 Å². The van der Waals surface area contributed by atoms with Gasteiger partial charge in [-0.1, -0.05) is 51.5 Å². The molecule has 1 saturated carbocycles. The average Bonchev–Trinajstić information content (AvgIpc) is 2.85. The van der Waals surface area contributed by atoms with Gasteiger partial charge in [0.15, 0.2) is 0 Å². The maximum absolute atomic E-state index is 10.3. The minimum absolute atomic E-state index is 0.125. The van der Waals surface area contributed by atoms with Crippen LogP contribution in [0.3, 0.4) is 0 Å². The van der Waals surface area contributed by atoms with Crippen LogP contribution >= 0.6 is 0 Å². The van der Waals surface area contributed by atoms with E-state index in [1.165, 1.54) is 12.0 Å². The highest BCUT2D eigenvalue weighted by atomic mass is 16.3. The second kappa shape index (κ2) is 6.88. The normalized spacial score (nSPS) is 33.8. The lowest BCUT2D eigenvalue weighted by Gasteiger charge is -2.43. The molecule has 2 aliphatic carbocycles. The van der Waals surface area contributed by atoms with Crippen molar-refractivity contribution in [1.29, 1.82) is 0 Å². The maximum Gasteiger partial charge on any atom is 0.0822 e. The second-order valence-corrected chi connectivity index (χ2v) is 7.73. The zero-order valence-electron chi connectivity index (χ0n) is 14.8. The number of fused-ring (bicyclic) bond motifs is 1. The second-order valence-electron chi connectivity index (χ2n) is 7.73. The Hall–Kier alpha value is -0.600. The highest BCUT2D eigenvalue weighted by Crippen LogP contribution is 2.55. The van der Waals surface area contributed by atoms with Crippen LogP contribution in [-0.4, -0.2) is 21.9 Å². The molecule has 2 aliphatic rings. The molecule has 0 bridgehead atoms. The Morgan fingerprint density at radius 3 is 2.73 bits per heavy atom. The summed E-state index contributed by atoms with van der Waals surface area (Å²) in [5, 5.41) is 20.7. The first-order valence-electron chi connectivity index (χ1n) is 9.15. The summed E-state index contributed by atoms with van der Waals surface area (Å²) in [6, 6.07) is 0. The lowest BCUT2D eigenvalue weighted by Crippen LogP contribution is -2.39. The Labute approximate surface area is 136 Å². The van der Waals surface area contributed by atoms with E-state index in [0.717, 1.165) is 38.5 Å². The highest BCUT2D eigenvalue weighted by molar-refractivity contribution is 5.26. The van der Waals surface area contributed by atoms with Crippen LogP contribution in [0.4, 0.5) is 0 Å². The van der Waals surface area contributed by atoms with E-state index >= 15 is 0 Å². The van der Waals surface area contributed by atoms with E-state index in [9.17, 15) is 10.2 Å². The summed E-state index contributed by atoms with van der Waals surface area (Å²) in [5.41, 5.74) is 1.09. The molecule has 4 atom stereocenters. The Kier molecular flexibility index (Phi) is 5.55. The monoisotopic (exact) mass is 306 g/mol. The summed E-state index contributed by atoms with van der Waals surface area (Å²) in [6.07, 6.45) is 13.3. The van der Waals surface area contributed by atoms with Crippen molar-refractivity contribution in [3.8, 4) is 0 Å². The molecule has 2 nitrogen and oxygen atoms in total. The Bertz CT molecular complexity index is 433. The van der Waals surface area contributed by atoms with Gasteiger partial charge >= 0.3 is 0 Å². The molecule has 2 N–H and O–H groups in total. The summed E-state index contributed by atoms with van der Waals surface area (Å²) in [6.45, 7) is 8.72. The quantitative estimate of drug-likeness (QED) is 0.703. The fourth-order valence-corrected chi connectivity index (χ4v) is 4.62. The van der Waals surface area contributed by atoms with Gasteiger partial charge in [0, 0.05) is 0 Å². The van der Waals surface area contributed by atoms with Crippen LogP contribution in [0.1, 0.15) is 72.6 Å². The summed E-state index contributed by atoms with van der Waals surface area (Å²) >= 11 is 0.